The number of hydrogen-bond acceptors (Lipinski definition) is 9. The van der Waals surface area contributed by atoms with Crippen molar-refractivity contribution in [3.63, 3.8) is 0 Å². The van der Waals surface area contributed by atoms with Crippen LogP contribution in [0.3, 0.4) is 0 Å². The Kier molecular flexibility index (Phi) is 5.71. The fourth-order valence-electron chi connectivity index (χ4n) is 2.70. The second-order valence-electron chi connectivity index (χ2n) is 6.28. The van der Waals surface area contributed by atoms with Gasteiger partial charge in [0.2, 0.25) is 11.8 Å². The molecule has 2 amide bonds. The number of anilines is 1. The molecule has 156 valence electrons. The van der Waals surface area contributed by atoms with Crippen LogP contribution in [-0.2, 0) is 9.59 Å². The number of non-ortho nitro benzene ring substituents is 1. The second-order valence-corrected chi connectivity index (χ2v) is 7.21. The van der Waals surface area contributed by atoms with Gasteiger partial charge < -0.3 is 9.73 Å². The number of hydrazone groups is 1. The van der Waals surface area contributed by atoms with Crippen LogP contribution in [-0.4, -0.2) is 38.5 Å². The monoisotopic (exact) mass is 438 g/mol. The van der Waals surface area contributed by atoms with Crippen LogP contribution in [0.5, 0.6) is 0 Å². The van der Waals surface area contributed by atoms with Gasteiger partial charge in [0.05, 0.1) is 22.8 Å². The number of nitro groups is 1. The van der Waals surface area contributed by atoms with E-state index in [1.165, 1.54) is 29.3 Å². The molecule has 0 spiro atoms. The van der Waals surface area contributed by atoms with Gasteiger partial charge >= 0.3 is 0 Å². The van der Waals surface area contributed by atoms with Gasteiger partial charge in [-0.05, 0) is 24.3 Å². The van der Waals surface area contributed by atoms with Crippen molar-refractivity contribution in [3.05, 3.63) is 64.7 Å². The molecule has 4 rings (SSSR count). The lowest BCUT2D eigenvalue weighted by atomic mass is 10.2. The van der Waals surface area contributed by atoms with Crippen LogP contribution in [0.2, 0.25) is 0 Å². The lowest BCUT2D eigenvalue weighted by molar-refractivity contribution is -0.384. The number of para-hydroxylation sites is 1. The number of aromatic nitrogens is 2. The second kappa shape index (κ2) is 8.75. The molecular weight excluding hydrogens is 424 g/mol. The number of nitro benzene ring substituents is 1. The highest BCUT2D eigenvalue weighted by Crippen LogP contribution is 2.25. The smallest absolute Gasteiger partial charge is 0.277 e. The minimum absolute atomic E-state index is 0.00382. The highest BCUT2D eigenvalue weighted by atomic mass is 32.2. The van der Waals surface area contributed by atoms with Gasteiger partial charge in [-0.3, -0.25) is 19.7 Å². The summed E-state index contributed by atoms with van der Waals surface area (Å²) in [6.07, 6.45) is -0.00382. The predicted octanol–water partition coefficient (Wildman–Crippen LogP) is 2.60. The van der Waals surface area contributed by atoms with Gasteiger partial charge in [0.25, 0.3) is 16.8 Å². The van der Waals surface area contributed by atoms with Crippen molar-refractivity contribution in [1.29, 1.82) is 0 Å². The molecule has 1 N–H and O–H groups in total. The van der Waals surface area contributed by atoms with Crippen molar-refractivity contribution >= 4 is 40.8 Å². The highest BCUT2D eigenvalue weighted by molar-refractivity contribution is 7.99. The summed E-state index contributed by atoms with van der Waals surface area (Å²) >= 11 is 1.02. The summed E-state index contributed by atoms with van der Waals surface area (Å²) in [5, 5.41) is 26.6. The first kappa shape index (κ1) is 20.2. The number of amidine groups is 1. The number of carbonyl (C=O) groups excluding carboxylic acids is 2. The topological polar surface area (TPSA) is 144 Å². The van der Waals surface area contributed by atoms with Crippen LogP contribution >= 0.6 is 11.8 Å². The van der Waals surface area contributed by atoms with Crippen LogP contribution in [0.4, 0.5) is 11.4 Å². The summed E-state index contributed by atoms with van der Waals surface area (Å²) < 4.78 is 5.48. The number of carbonyl (C=O) groups is 2. The van der Waals surface area contributed by atoms with Crippen molar-refractivity contribution in [2.24, 2.45) is 5.10 Å². The number of thioether (sulfide) groups is 1. The minimum atomic E-state index is -0.501. The van der Waals surface area contributed by atoms with E-state index in [9.17, 15) is 19.7 Å². The van der Waals surface area contributed by atoms with E-state index in [-0.39, 0.29) is 46.6 Å². The molecule has 0 aliphatic carbocycles. The Morgan fingerprint density at radius 1 is 1.16 bits per heavy atom. The van der Waals surface area contributed by atoms with Crippen LogP contribution in [0.15, 0.2) is 69.3 Å². The third-order valence-electron chi connectivity index (χ3n) is 4.12. The standard InChI is InChI=1S/C19H14N6O5S/c26-16(20-15-10-17(27)24(23-15)13-4-2-1-3-5-13)11-31-19-22-21-18(30-19)12-6-8-14(9-7-12)25(28)29/h1-9H,10-11H2,(H,20,23,26). The molecule has 31 heavy (non-hydrogen) atoms. The fourth-order valence-corrected chi connectivity index (χ4v) is 3.27. The summed E-state index contributed by atoms with van der Waals surface area (Å²) in [7, 11) is 0. The molecule has 11 nitrogen and oxygen atoms in total. The fraction of sp³-hybridized carbons (Fsp3) is 0.105. The Labute approximate surface area is 179 Å². The molecule has 0 unspecified atom stereocenters. The molecule has 0 atom stereocenters. The van der Waals surface area contributed by atoms with Gasteiger partial charge in [0.15, 0.2) is 0 Å². The molecule has 2 aromatic carbocycles. The Morgan fingerprint density at radius 2 is 1.90 bits per heavy atom. The van der Waals surface area contributed by atoms with Crippen molar-refractivity contribution < 1.29 is 18.9 Å². The van der Waals surface area contributed by atoms with Gasteiger partial charge in [-0.1, -0.05) is 30.0 Å². The van der Waals surface area contributed by atoms with E-state index in [1.54, 1.807) is 24.3 Å². The normalized spacial score (nSPS) is 13.2. The van der Waals surface area contributed by atoms with Crippen molar-refractivity contribution in [1.82, 2.24) is 15.5 Å². The van der Waals surface area contributed by atoms with Crippen LogP contribution in [0.1, 0.15) is 6.42 Å². The largest absolute Gasteiger partial charge is 0.411 e. The Balaban J connectivity index is 1.32. The molecule has 0 radical (unpaired) electrons. The predicted molar refractivity (Wildman–Crippen MR) is 111 cm³/mol. The maximum absolute atomic E-state index is 12.2. The van der Waals surface area contributed by atoms with E-state index in [0.29, 0.717) is 11.3 Å². The minimum Gasteiger partial charge on any atom is -0.411 e. The van der Waals surface area contributed by atoms with Gasteiger partial charge in [-0.15, -0.1) is 10.2 Å². The SMILES string of the molecule is O=C(CSc1nnc(-c2ccc([N+](=O)[O-])cc2)o1)NC1=NN(c2ccccc2)C(=O)C1. The maximum atomic E-state index is 12.2. The van der Waals surface area contributed by atoms with E-state index < -0.39 is 4.92 Å². The molecule has 1 aliphatic heterocycles. The summed E-state index contributed by atoms with van der Waals surface area (Å²) in [5.41, 5.74) is 1.10. The molecular formula is C19H14N6O5S. The lowest BCUT2D eigenvalue weighted by Crippen LogP contribution is -2.31. The maximum Gasteiger partial charge on any atom is 0.277 e. The Bertz CT molecular complexity index is 1160. The average molecular weight is 438 g/mol. The van der Waals surface area contributed by atoms with Gasteiger partial charge in [-0.2, -0.15) is 10.1 Å². The lowest BCUT2D eigenvalue weighted by Gasteiger charge is -2.10. The molecule has 12 heteroatoms. The van der Waals surface area contributed by atoms with Gasteiger partial charge in [0, 0.05) is 17.7 Å². The van der Waals surface area contributed by atoms with Crippen molar-refractivity contribution in [2.75, 3.05) is 10.8 Å². The zero-order valence-electron chi connectivity index (χ0n) is 15.8. The van der Waals surface area contributed by atoms with Gasteiger partial charge in [-0.25, -0.2) is 0 Å². The number of hydrogen-bond donors (Lipinski definition) is 1. The summed E-state index contributed by atoms with van der Waals surface area (Å²) in [6, 6.07) is 14.6. The highest BCUT2D eigenvalue weighted by Gasteiger charge is 2.26. The molecule has 1 aliphatic rings. The summed E-state index contributed by atoms with van der Waals surface area (Å²) in [5.74, 6) is -0.195. The molecule has 0 fully saturated rings. The Hall–Kier alpha value is -4.06. The average Bonchev–Trinajstić information content (AvgIpc) is 3.39. The summed E-state index contributed by atoms with van der Waals surface area (Å²) in [4.78, 5) is 34.5. The van der Waals surface area contributed by atoms with E-state index in [4.69, 9.17) is 4.42 Å². The number of nitrogens with zero attached hydrogens (tertiary/aromatic N) is 5. The quantitative estimate of drug-likeness (QED) is 0.351. The molecule has 0 saturated heterocycles. The van der Waals surface area contributed by atoms with Crippen LogP contribution < -0.4 is 10.3 Å². The van der Waals surface area contributed by atoms with Crippen LogP contribution in [0.25, 0.3) is 11.5 Å². The molecule has 0 saturated carbocycles. The summed E-state index contributed by atoms with van der Waals surface area (Å²) in [6.45, 7) is 0. The van der Waals surface area contributed by atoms with Crippen LogP contribution in [0, 0.1) is 10.1 Å². The number of amides is 2. The van der Waals surface area contributed by atoms with Crippen molar-refractivity contribution in [3.8, 4) is 11.5 Å². The molecule has 3 aromatic rings. The van der Waals surface area contributed by atoms with Gasteiger partial charge in [0.1, 0.15) is 5.84 Å². The first-order chi connectivity index (χ1) is 15.0. The third-order valence-corrected chi connectivity index (χ3v) is 4.94. The van der Waals surface area contributed by atoms with E-state index in [2.05, 4.69) is 20.6 Å². The number of rotatable bonds is 6. The number of benzene rings is 2. The third kappa shape index (κ3) is 4.75. The van der Waals surface area contributed by atoms with E-state index in [1.807, 2.05) is 6.07 Å². The Morgan fingerprint density at radius 3 is 2.61 bits per heavy atom. The molecule has 0 bridgehead atoms. The van der Waals surface area contributed by atoms with Crippen molar-refractivity contribution in [2.45, 2.75) is 11.6 Å². The molecule has 2 heterocycles. The van der Waals surface area contributed by atoms with E-state index in [0.717, 1.165) is 11.8 Å². The zero-order valence-corrected chi connectivity index (χ0v) is 16.6. The number of nitrogens with one attached hydrogen (secondary N) is 1. The zero-order chi connectivity index (χ0) is 21.8. The first-order valence-corrected chi connectivity index (χ1v) is 9.94. The van der Waals surface area contributed by atoms with E-state index >= 15 is 0 Å². The first-order valence-electron chi connectivity index (χ1n) is 8.96. The molecule has 1 aromatic heterocycles.